The minimum Gasteiger partial charge on any atom is -0.333 e. The summed E-state index contributed by atoms with van der Waals surface area (Å²) >= 11 is 0. The third kappa shape index (κ3) is 4.26. The van der Waals surface area contributed by atoms with Gasteiger partial charge in [-0.1, -0.05) is 24.3 Å². The molecular weight excluding hydrogens is 468 g/mol. The zero-order valence-electron chi connectivity index (χ0n) is 19.8. The Morgan fingerprint density at radius 1 is 1.03 bits per heavy atom. The molecule has 0 fully saturated rings. The maximum atomic E-state index is 16.1. The Kier molecular flexibility index (Phi) is 6.53. The third-order valence-corrected chi connectivity index (χ3v) is 6.79. The van der Waals surface area contributed by atoms with Crippen molar-refractivity contribution >= 4 is 21.8 Å². The number of hydrogen-bond acceptors (Lipinski definition) is 2. The molecule has 5 rings (SSSR count). The van der Waals surface area contributed by atoms with E-state index in [9.17, 15) is 4.39 Å². The van der Waals surface area contributed by atoms with Gasteiger partial charge < -0.3 is 10.3 Å². The normalized spacial score (nSPS) is 12.6. The van der Waals surface area contributed by atoms with Crippen LogP contribution >= 0.6 is 0 Å². The number of halogens is 4. The van der Waals surface area contributed by atoms with Gasteiger partial charge in [-0.05, 0) is 61.6 Å². The van der Waals surface area contributed by atoms with Gasteiger partial charge in [-0.2, -0.15) is 5.10 Å². The van der Waals surface area contributed by atoms with Crippen LogP contribution in [0.2, 0.25) is 0 Å². The second-order valence-corrected chi connectivity index (χ2v) is 9.17. The van der Waals surface area contributed by atoms with E-state index >= 15 is 13.2 Å². The number of nitrogens with zero attached hydrogens (tertiary/aromatic N) is 2. The topological polar surface area (TPSA) is 59.6 Å². The molecule has 0 aliphatic heterocycles. The molecule has 186 valence electrons. The van der Waals surface area contributed by atoms with Crippen LogP contribution < -0.4 is 5.73 Å². The molecule has 0 radical (unpaired) electrons. The van der Waals surface area contributed by atoms with E-state index in [1.165, 1.54) is 12.1 Å². The Labute approximate surface area is 205 Å². The summed E-state index contributed by atoms with van der Waals surface area (Å²) in [6, 6.07) is 13.0. The highest BCUT2D eigenvalue weighted by molar-refractivity contribution is 6.07. The second kappa shape index (κ2) is 9.78. The van der Waals surface area contributed by atoms with Crippen LogP contribution in [0.25, 0.3) is 33.1 Å². The van der Waals surface area contributed by atoms with Crippen LogP contribution in [-0.4, -0.2) is 27.5 Å². The maximum absolute atomic E-state index is 16.1. The molecule has 5 aromatic rings. The van der Waals surface area contributed by atoms with Crippen molar-refractivity contribution in [3.8, 4) is 11.3 Å². The van der Waals surface area contributed by atoms with Gasteiger partial charge in [0, 0.05) is 27.9 Å². The van der Waals surface area contributed by atoms with E-state index in [-0.39, 0.29) is 30.3 Å². The molecule has 1 atom stereocenters. The van der Waals surface area contributed by atoms with E-state index in [2.05, 4.69) is 10.2 Å². The number of nitrogens with one attached hydrogen (secondary N) is 1. The summed E-state index contributed by atoms with van der Waals surface area (Å²) in [5, 5.41) is 7.82. The number of hydrogen-bond donors (Lipinski definition) is 2. The smallest absolute Gasteiger partial charge is 0.157 e. The maximum Gasteiger partial charge on any atom is 0.157 e. The van der Waals surface area contributed by atoms with Crippen LogP contribution in [0.1, 0.15) is 29.5 Å². The second-order valence-electron chi connectivity index (χ2n) is 9.17. The Balaban J connectivity index is 1.62. The van der Waals surface area contributed by atoms with E-state index in [4.69, 9.17) is 5.73 Å². The van der Waals surface area contributed by atoms with Crippen molar-refractivity contribution in [1.82, 2.24) is 14.8 Å². The predicted molar refractivity (Wildman–Crippen MR) is 134 cm³/mol. The largest absolute Gasteiger partial charge is 0.333 e. The minimum atomic E-state index is -0.716. The van der Waals surface area contributed by atoms with Crippen LogP contribution in [0.4, 0.5) is 17.6 Å². The van der Waals surface area contributed by atoms with E-state index < -0.39 is 24.1 Å². The summed E-state index contributed by atoms with van der Waals surface area (Å²) in [5.74, 6) is -1.90. The highest BCUT2D eigenvalue weighted by Gasteiger charge is 2.24. The predicted octanol–water partition coefficient (Wildman–Crippen LogP) is 6.58. The van der Waals surface area contributed by atoms with Crippen molar-refractivity contribution in [2.75, 3.05) is 6.67 Å². The molecule has 4 nitrogen and oxygen atoms in total. The first-order valence-corrected chi connectivity index (χ1v) is 11.9. The molecule has 0 saturated carbocycles. The van der Waals surface area contributed by atoms with Gasteiger partial charge >= 0.3 is 0 Å². The number of nitrogens with two attached hydrogens (primary N) is 1. The number of rotatable bonds is 8. The molecule has 1 unspecified atom stereocenters. The van der Waals surface area contributed by atoms with Crippen molar-refractivity contribution in [2.45, 2.75) is 38.8 Å². The summed E-state index contributed by atoms with van der Waals surface area (Å²) in [6.45, 7) is 1.14. The molecule has 0 aliphatic rings. The number of benzene rings is 3. The summed E-state index contributed by atoms with van der Waals surface area (Å²) in [4.78, 5) is 0. The number of H-pyrrole nitrogens is 1. The molecule has 2 heterocycles. The van der Waals surface area contributed by atoms with Crippen LogP contribution in [0.3, 0.4) is 0 Å². The average molecular weight is 495 g/mol. The van der Waals surface area contributed by atoms with Gasteiger partial charge in [0.15, 0.2) is 5.82 Å². The van der Waals surface area contributed by atoms with Crippen molar-refractivity contribution in [3.63, 3.8) is 0 Å². The summed E-state index contributed by atoms with van der Waals surface area (Å²) in [7, 11) is 0. The Morgan fingerprint density at radius 3 is 2.50 bits per heavy atom. The zero-order valence-corrected chi connectivity index (χ0v) is 19.8. The zero-order chi connectivity index (χ0) is 25.4. The fraction of sp³-hybridized carbons (Fsp3) is 0.250. The Bertz CT molecular complexity index is 1530. The van der Waals surface area contributed by atoms with Gasteiger partial charge in [-0.3, -0.25) is 9.49 Å². The molecule has 0 spiro atoms. The monoisotopic (exact) mass is 494 g/mol. The molecule has 0 amide bonds. The van der Waals surface area contributed by atoms with E-state index in [1.54, 1.807) is 35.0 Å². The van der Waals surface area contributed by atoms with Crippen LogP contribution in [0.5, 0.6) is 0 Å². The Morgan fingerprint density at radius 2 is 1.78 bits per heavy atom. The quantitative estimate of drug-likeness (QED) is 0.240. The SMILES string of the molecule is Cc1ccccc1-c1c(F)c2c3cn[nH]c3ccc2n1Cc1c(F)cc(CCC(N)CCF)cc1F. The highest BCUT2D eigenvalue weighted by atomic mass is 19.1. The molecule has 3 aromatic carbocycles. The lowest BCUT2D eigenvalue weighted by Gasteiger charge is -2.15. The van der Waals surface area contributed by atoms with Gasteiger partial charge in [-0.15, -0.1) is 0 Å². The molecule has 3 N–H and O–H groups in total. The molecular formula is C28H26F4N4. The van der Waals surface area contributed by atoms with Gasteiger partial charge in [0.1, 0.15) is 11.6 Å². The molecule has 8 heteroatoms. The lowest BCUT2D eigenvalue weighted by atomic mass is 10.0. The van der Waals surface area contributed by atoms with E-state index in [0.717, 1.165) is 5.56 Å². The summed E-state index contributed by atoms with van der Waals surface area (Å²) in [5.41, 5.74) is 9.05. The average Bonchev–Trinajstić information content (AvgIpc) is 3.43. The van der Waals surface area contributed by atoms with Crippen LogP contribution in [0, 0.1) is 24.4 Å². The number of alkyl halides is 1. The number of aryl methyl sites for hydroxylation is 2. The summed E-state index contributed by atoms with van der Waals surface area (Å²) in [6.07, 6.45) is 2.52. The van der Waals surface area contributed by atoms with Gasteiger partial charge in [0.2, 0.25) is 0 Å². The fourth-order valence-electron chi connectivity index (χ4n) is 4.83. The van der Waals surface area contributed by atoms with Gasteiger partial charge in [0.25, 0.3) is 0 Å². The molecule has 36 heavy (non-hydrogen) atoms. The first-order chi connectivity index (χ1) is 17.4. The Hall–Kier alpha value is -3.65. The summed E-state index contributed by atoms with van der Waals surface area (Å²) < 4.78 is 60.7. The number of aromatic amines is 1. The first-order valence-electron chi connectivity index (χ1n) is 11.9. The fourth-order valence-corrected chi connectivity index (χ4v) is 4.83. The highest BCUT2D eigenvalue weighted by Crippen LogP contribution is 2.38. The number of fused-ring (bicyclic) bond motifs is 3. The van der Waals surface area contributed by atoms with E-state index in [0.29, 0.717) is 45.8 Å². The van der Waals surface area contributed by atoms with Crippen LogP contribution in [-0.2, 0) is 13.0 Å². The van der Waals surface area contributed by atoms with E-state index in [1.807, 2.05) is 19.1 Å². The van der Waals surface area contributed by atoms with Gasteiger partial charge in [-0.25, -0.2) is 13.2 Å². The standard InChI is InChI=1S/C28H26F4N4/c1-16-4-2-3-5-19(16)28-27(32)26-20-14-34-35-24(20)8-9-25(26)36(28)15-21-22(30)12-17(13-23(21)31)6-7-18(33)10-11-29/h2-5,8-9,12-14,18H,6-7,10-11,15,33H2,1H3,(H,34,35). The minimum absolute atomic E-state index is 0.161. The number of aromatic nitrogens is 3. The van der Waals surface area contributed by atoms with Gasteiger partial charge in [0.05, 0.1) is 36.1 Å². The molecule has 0 saturated heterocycles. The molecule has 0 aliphatic carbocycles. The lowest BCUT2D eigenvalue weighted by molar-refractivity contribution is 0.425. The molecule has 2 aromatic heterocycles. The van der Waals surface area contributed by atoms with Crippen molar-refractivity contribution < 1.29 is 17.6 Å². The van der Waals surface area contributed by atoms with Crippen molar-refractivity contribution in [1.29, 1.82) is 0 Å². The molecule has 0 bridgehead atoms. The van der Waals surface area contributed by atoms with Crippen molar-refractivity contribution in [2.24, 2.45) is 5.73 Å². The first kappa shape index (κ1) is 24.1. The lowest BCUT2D eigenvalue weighted by Crippen LogP contribution is -2.21. The third-order valence-electron chi connectivity index (χ3n) is 6.79. The van der Waals surface area contributed by atoms with Crippen molar-refractivity contribution in [3.05, 3.63) is 88.9 Å². The van der Waals surface area contributed by atoms with Crippen LogP contribution in [0.15, 0.2) is 54.7 Å².